The fourth-order valence-electron chi connectivity index (χ4n) is 1.67. The summed E-state index contributed by atoms with van der Waals surface area (Å²) in [5, 5.41) is 8.48. The Kier molecular flexibility index (Phi) is 11.4. The summed E-state index contributed by atoms with van der Waals surface area (Å²) in [6.45, 7) is 1.90. The van der Waals surface area contributed by atoms with Crippen LogP contribution in [-0.2, 0) is 9.53 Å². The molecule has 0 radical (unpaired) electrons. The van der Waals surface area contributed by atoms with Crippen LogP contribution < -0.4 is 0 Å². The van der Waals surface area contributed by atoms with Crippen molar-refractivity contribution in [2.45, 2.75) is 64.5 Å². The number of rotatable bonds is 11. The molecule has 0 aromatic carbocycles. The molecule has 0 rings (SSSR count). The number of unbranched alkanes of at least 4 members (excludes halogenated alkanes) is 5. The Morgan fingerprint density at radius 1 is 1.18 bits per heavy atom. The summed E-state index contributed by atoms with van der Waals surface area (Å²) in [7, 11) is 0. The highest BCUT2D eigenvalue weighted by Crippen LogP contribution is 2.11. The first kappa shape index (κ1) is 16.4. The summed E-state index contributed by atoms with van der Waals surface area (Å²) < 4.78 is 17.4. The van der Waals surface area contributed by atoms with Gasteiger partial charge in [-0.1, -0.05) is 32.1 Å². The van der Waals surface area contributed by atoms with Crippen LogP contribution in [0.4, 0.5) is 4.39 Å². The van der Waals surface area contributed by atoms with Gasteiger partial charge in [0.15, 0.2) is 0 Å². The van der Waals surface area contributed by atoms with Gasteiger partial charge in [-0.25, -0.2) is 4.39 Å². The molecule has 17 heavy (non-hydrogen) atoms. The first-order chi connectivity index (χ1) is 8.20. The van der Waals surface area contributed by atoms with E-state index in [4.69, 9.17) is 9.84 Å². The molecular weight excluding hydrogens is 223 g/mol. The van der Waals surface area contributed by atoms with Gasteiger partial charge in [0.2, 0.25) is 0 Å². The normalized spacial score (nSPS) is 12.4. The maximum Gasteiger partial charge on any atom is 0.305 e. The molecule has 0 spiro atoms. The Labute approximate surface area is 103 Å². The predicted octanol–water partition coefficient (Wildman–Crippen LogP) is 3.00. The molecule has 0 heterocycles. The van der Waals surface area contributed by atoms with Crippen molar-refractivity contribution >= 4 is 5.97 Å². The summed E-state index contributed by atoms with van der Waals surface area (Å²) in [5.41, 5.74) is 0. The van der Waals surface area contributed by atoms with E-state index in [1.807, 2.05) is 6.92 Å². The molecule has 1 unspecified atom stereocenters. The summed E-state index contributed by atoms with van der Waals surface area (Å²) >= 11 is 0. The van der Waals surface area contributed by atoms with Crippen molar-refractivity contribution in [2.24, 2.45) is 0 Å². The smallest absolute Gasteiger partial charge is 0.305 e. The summed E-state index contributed by atoms with van der Waals surface area (Å²) in [4.78, 5) is 11.0. The summed E-state index contributed by atoms with van der Waals surface area (Å²) in [6, 6.07) is 0. The number of aliphatic hydroxyl groups excluding tert-OH is 1. The van der Waals surface area contributed by atoms with Gasteiger partial charge in [0, 0.05) is 6.42 Å². The molecule has 0 saturated heterocycles. The minimum absolute atomic E-state index is 0.115. The quantitative estimate of drug-likeness (QED) is 0.451. The Balaban J connectivity index is 3.11. The Morgan fingerprint density at radius 2 is 1.76 bits per heavy atom. The second-order valence-corrected chi connectivity index (χ2v) is 4.24. The largest absolute Gasteiger partial charge is 0.466 e. The van der Waals surface area contributed by atoms with E-state index < -0.39 is 6.17 Å². The predicted molar refractivity (Wildman–Crippen MR) is 65.6 cm³/mol. The molecule has 1 atom stereocenters. The third kappa shape index (κ3) is 11.6. The number of carbonyl (C=O) groups excluding carboxylic acids is 1. The Morgan fingerprint density at radius 3 is 2.35 bits per heavy atom. The van der Waals surface area contributed by atoms with Crippen molar-refractivity contribution in [3.8, 4) is 0 Å². The molecule has 102 valence electrons. The zero-order chi connectivity index (χ0) is 12.9. The molecule has 0 aliphatic heterocycles. The lowest BCUT2D eigenvalue weighted by atomic mass is 10.1. The van der Waals surface area contributed by atoms with Gasteiger partial charge in [0.05, 0.1) is 13.2 Å². The molecular formula is C13H25FO3. The van der Waals surface area contributed by atoms with E-state index in [0.717, 1.165) is 38.5 Å². The van der Waals surface area contributed by atoms with Gasteiger partial charge in [0.25, 0.3) is 0 Å². The van der Waals surface area contributed by atoms with Crippen LogP contribution in [0.5, 0.6) is 0 Å². The van der Waals surface area contributed by atoms with E-state index in [-0.39, 0.29) is 12.6 Å². The van der Waals surface area contributed by atoms with Crippen LogP contribution in [0, 0.1) is 0 Å². The highest BCUT2D eigenvalue weighted by molar-refractivity contribution is 5.69. The van der Waals surface area contributed by atoms with E-state index in [0.29, 0.717) is 19.4 Å². The number of hydrogen-bond acceptors (Lipinski definition) is 3. The topological polar surface area (TPSA) is 46.5 Å². The first-order valence-corrected chi connectivity index (χ1v) is 6.61. The lowest BCUT2D eigenvalue weighted by Crippen LogP contribution is -2.05. The van der Waals surface area contributed by atoms with Crippen LogP contribution in [0.1, 0.15) is 58.3 Å². The van der Waals surface area contributed by atoms with E-state index in [2.05, 4.69) is 0 Å². The van der Waals surface area contributed by atoms with Gasteiger partial charge in [-0.05, 0) is 19.8 Å². The minimum Gasteiger partial charge on any atom is -0.466 e. The number of ether oxygens (including phenoxy) is 1. The summed E-state index contributed by atoms with van der Waals surface area (Å²) in [6.07, 6.45) is 5.79. The molecule has 0 aromatic heterocycles. The van der Waals surface area contributed by atoms with Gasteiger partial charge in [-0.15, -0.1) is 0 Å². The van der Waals surface area contributed by atoms with Crippen LogP contribution in [0.15, 0.2) is 0 Å². The summed E-state index contributed by atoms with van der Waals surface area (Å²) in [5.74, 6) is -0.115. The van der Waals surface area contributed by atoms with E-state index in [9.17, 15) is 9.18 Å². The molecule has 0 aliphatic carbocycles. The average molecular weight is 248 g/mol. The number of esters is 1. The number of halogens is 1. The van der Waals surface area contributed by atoms with E-state index in [1.165, 1.54) is 0 Å². The van der Waals surface area contributed by atoms with Crippen molar-refractivity contribution in [3.63, 3.8) is 0 Å². The zero-order valence-electron chi connectivity index (χ0n) is 10.8. The molecule has 0 bridgehead atoms. The monoisotopic (exact) mass is 248 g/mol. The maximum absolute atomic E-state index is 12.6. The van der Waals surface area contributed by atoms with Gasteiger partial charge >= 0.3 is 5.97 Å². The fourth-order valence-corrected chi connectivity index (χ4v) is 1.67. The van der Waals surface area contributed by atoms with E-state index in [1.54, 1.807) is 0 Å². The Hall–Kier alpha value is -0.640. The highest BCUT2D eigenvalue weighted by Gasteiger charge is 2.03. The zero-order valence-corrected chi connectivity index (χ0v) is 10.8. The van der Waals surface area contributed by atoms with Crippen LogP contribution in [0.3, 0.4) is 0 Å². The van der Waals surface area contributed by atoms with Crippen molar-refractivity contribution < 1.29 is 19.0 Å². The van der Waals surface area contributed by atoms with Crippen LogP contribution in [0.25, 0.3) is 0 Å². The van der Waals surface area contributed by atoms with Crippen LogP contribution in [-0.4, -0.2) is 30.5 Å². The molecule has 0 aliphatic rings. The van der Waals surface area contributed by atoms with Gasteiger partial charge in [-0.2, -0.15) is 0 Å². The van der Waals surface area contributed by atoms with Crippen molar-refractivity contribution in [3.05, 3.63) is 0 Å². The number of alkyl halides is 1. The standard InChI is InChI=1S/C13H25FO3/c1-2-17-13(16)10-8-6-4-3-5-7-9-12(14)11-15/h12,15H,2-11H2,1H3. The molecule has 1 N–H and O–H groups in total. The first-order valence-electron chi connectivity index (χ1n) is 6.61. The van der Waals surface area contributed by atoms with Gasteiger partial charge in [0.1, 0.15) is 6.17 Å². The minimum atomic E-state index is -1.06. The Bertz CT molecular complexity index is 186. The second kappa shape index (κ2) is 11.8. The van der Waals surface area contributed by atoms with Crippen LogP contribution in [0.2, 0.25) is 0 Å². The maximum atomic E-state index is 12.6. The molecule has 3 nitrogen and oxygen atoms in total. The molecule has 0 saturated carbocycles. The average Bonchev–Trinajstić information content (AvgIpc) is 2.32. The second-order valence-electron chi connectivity index (χ2n) is 4.24. The SMILES string of the molecule is CCOC(=O)CCCCCCCCC(F)CO. The lowest BCUT2D eigenvalue weighted by Gasteiger charge is -2.04. The number of carbonyl (C=O) groups is 1. The van der Waals surface area contributed by atoms with E-state index >= 15 is 0 Å². The van der Waals surface area contributed by atoms with Crippen molar-refractivity contribution in [1.29, 1.82) is 0 Å². The van der Waals surface area contributed by atoms with Gasteiger partial charge < -0.3 is 9.84 Å². The molecule has 0 fully saturated rings. The third-order valence-corrected chi connectivity index (χ3v) is 2.65. The number of hydrogen-bond donors (Lipinski definition) is 1. The van der Waals surface area contributed by atoms with Crippen molar-refractivity contribution in [1.82, 2.24) is 0 Å². The third-order valence-electron chi connectivity index (χ3n) is 2.65. The van der Waals surface area contributed by atoms with Gasteiger partial charge in [-0.3, -0.25) is 4.79 Å². The van der Waals surface area contributed by atoms with Crippen molar-refractivity contribution in [2.75, 3.05) is 13.2 Å². The molecule has 0 aromatic rings. The lowest BCUT2D eigenvalue weighted by molar-refractivity contribution is -0.143. The fraction of sp³-hybridized carbons (Fsp3) is 0.923. The van der Waals surface area contributed by atoms with Crippen LogP contribution >= 0.6 is 0 Å². The highest BCUT2D eigenvalue weighted by atomic mass is 19.1. The molecule has 0 amide bonds. The number of aliphatic hydroxyl groups is 1. The molecule has 4 heteroatoms.